The van der Waals surface area contributed by atoms with Gasteiger partial charge in [-0.05, 0) is 55.2 Å². The van der Waals surface area contributed by atoms with Crippen molar-refractivity contribution in [1.82, 2.24) is 10.2 Å². The van der Waals surface area contributed by atoms with Gasteiger partial charge < -0.3 is 26.8 Å². The Morgan fingerprint density at radius 1 is 1.10 bits per heavy atom. The first-order chi connectivity index (χ1) is 18.7. The number of nitrogens with two attached hydrogens (primary N) is 2. The van der Waals surface area contributed by atoms with Gasteiger partial charge in [0.05, 0.1) is 11.5 Å². The third-order valence-electron chi connectivity index (χ3n) is 6.93. The van der Waals surface area contributed by atoms with Gasteiger partial charge in [0.15, 0.2) is 0 Å². The lowest BCUT2D eigenvalue weighted by Gasteiger charge is -2.37. The second-order valence-corrected chi connectivity index (χ2v) is 11.2. The molecule has 9 heteroatoms. The van der Waals surface area contributed by atoms with E-state index in [2.05, 4.69) is 5.32 Å². The Morgan fingerprint density at radius 2 is 1.79 bits per heavy atom. The Bertz CT molecular complexity index is 1170. The molecule has 1 aliphatic carbocycles. The van der Waals surface area contributed by atoms with Crippen LogP contribution >= 0.6 is 11.3 Å². The summed E-state index contributed by atoms with van der Waals surface area (Å²) in [4.78, 5) is 42.7. The van der Waals surface area contributed by atoms with Crippen LogP contribution in [0, 0.1) is 5.41 Å². The third kappa shape index (κ3) is 8.11. The van der Waals surface area contributed by atoms with Crippen molar-refractivity contribution in [2.24, 2.45) is 16.9 Å². The Labute approximate surface area is 234 Å². The molecule has 0 saturated carbocycles. The van der Waals surface area contributed by atoms with Gasteiger partial charge in [-0.2, -0.15) is 0 Å². The lowest BCUT2D eigenvalue weighted by atomic mass is 9.70. The van der Waals surface area contributed by atoms with Crippen molar-refractivity contribution >= 4 is 29.1 Å². The number of carbonyl (C=O) groups is 3. The summed E-state index contributed by atoms with van der Waals surface area (Å²) in [6.45, 7) is 5.35. The zero-order valence-electron chi connectivity index (χ0n) is 22.8. The molecule has 2 aromatic rings. The maximum Gasteiger partial charge on any atom is 0.249 e. The molecule has 3 rings (SSSR count). The monoisotopic (exact) mass is 552 g/mol. The van der Waals surface area contributed by atoms with Crippen molar-refractivity contribution < 1.29 is 19.5 Å². The lowest BCUT2D eigenvalue weighted by Crippen LogP contribution is -2.48. The first kappa shape index (κ1) is 30.3. The molecule has 3 atom stereocenters. The van der Waals surface area contributed by atoms with E-state index < -0.39 is 29.4 Å². The van der Waals surface area contributed by atoms with Gasteiger partial charge in [0, 0.05) is 41.7 Å². The zero-order chi connectivity index (χ0) is 28.4. The minimum Gasteiger partial charge on any atom is -0.391 e. The van der Waals surface area contributed by atoms with Crippen LogP contribution in [-0.2, 0) is 27.3 Å². The molecular weight excluding hydrogens is 512 g/mol. The van der Waals surface area contributed by atoms with E-state index >= 15 is 0 Å². The SMILES string of the molecule is CCCN(CCC)C(=O)C1=CC(C(N)=O)=CC(C[C@@H](O)[C@@H](N)Cc2cccs2)(C(=O)NCc2ccccc2)C1. The van der Waals surface area contributed by atoms with Crippen molar-refractivity contribution in [2.45, 2.75) is 64.6 Å². The van der Waals surface area contributed by atoms with E-state index in [9.17, 15) is 19.5 Å². The summed E-state index contributed by atoms with van der Waals surface area (Å²) >= 11 is 1.54. The minimum atomic E-state index is -1.39. The highest BCUT2D eigenvalue weighted by Crippen LogP contribution is 2.40. The van der Waals surface area contributed by atoms with Gasteiger partial charge in [-0.25, -0.2) is 0 Å². The summed E-state index contributed by atoms with van der Waals surface area (Å²) in [5, 5.41) is 16.1. The van der Waals surface area contributed by atoms with Crippen molar-refractivity contribution in [1.29, 1.82) is 0 Å². The summed E-state index contributed by atoms with van der Waals surface area (Å²) in [7, 11) is 0. The van der Waals surface area contributed by atoms with Crippen LogP contribution < -0.4 is 16.8 Å². The number of benzene rings is 1. The number of hydrogen-bond donors (Lipinski definition) is 4. The predicted molar refractivity (Wildman–Crippen MR) is 154 cm³/mol. The van der Waals surface area contributed by atoms with Gasteiger partial charge in [-0.15, -0.1) is 11.3 Å². The van der Waals surface area contributed by atoms with Crippen LogP contribution in [0.1, 0.15) is 50.0 Å². The van der Waals surface area contributed by atoms with Gasteiger partial charge >= 0.3 is 0 Å². The summed E-state index contributed by atoms with van der Waals surface area (Å²) < 4.78 is 0. The molecule has 3 amide bonds. The second kappa shape index (κ2) is 14.2. The van der Waals surface area contributed by atoms with Crippen LogP contribution in [0.25, 0.3) is 0 Å². The van der Waals surface area contributed by atoms with Gasteiger partial charge in [0.1, 0.15) is 0 Å². The van der Waals surface area contributed by atoms with Crippen LogP contribution in [0.5, 0.6) is 0 Å². The van der Waals surface area contributed by atoms with E-state index in [0.29, 0.717) is 25.1 Å². The number of aliphatic hydroxyl groups is 1. The topological polar surface area (TPSA) is 139 Å². The van der Waals surface area contributed by atoms with Crippen molar-refractivity contribution in [3.05, 3.63) is 81.6 Å². The molecule has 210 valence electrons. The maximum absolute atomic E-state index is 13.9. The normalized spacial score (nSPS) is 18.5. The molecule has 0 bridgehead atoms. The average Bonchev–Trinajstić information content (AvgIpc) is 3.44. The molecule has 1 aromatic carbocycles. The molecule has 1 heterocycles. The highest BCUT2D eigenvalue weighted by molar-refractivity contribution is 7.09. The van der Waals surface area contributed by atoms with Crippen molar-refractivity contribution in [3.8, 4) is 0 Å². The van der Waals surface area contributed by atoms with Crippen LogP contribution in [0.4, 0.5) is 0 Å². The molecule has 1 aliphatic rings. The van der Waals surface area contributed by atoms with E-state index in [-0.39, 0.29) is 30.9 Å². The van der Waals surface area contributed by atoms with Gasteiger partial charge in [0.2, 0.25) is 17.7 Å². The van der Waals surface area contributed by atoms with Gasteiger partial charge in [-0.3, -0.25) is 14.4 Å². The highest BCUT2D eigenvalue weighted by Gasteiger charge is 2.44. The summed E-state index contributed by atoms with van der Waals surface area (Å²) in [6.07, 6.45) is 3.87. The zero-order valence-corrected chi connectivity index (χ0v) is 23.6. The van der Waals surface area contributed by atoms with Crippen LogP contribution in [-0.4, -0.2) is 53.0 Å². The number of aliphatic hydroxyl groups excluding tert-OH is 1. The predicted octanol–water partition coefficient (Wildman–Crippen LogP) is 3.06. The number of amides is 3. The molecule has 0 aliphatic heterocycles. The Kier molecular flexibility index (Phi) is 11.0. The summed E-state index contributed by atoms with van der Waals surface area (Å²) in [5.74, 6) is -1.37. The van der Waals surface area contributed by atoms with E-state index in [0.717, 1.165) is 23.3 Å². The molecule has 1 aromatic heterocycles. The molecule has 0 saturated heterocycles. The number of thiophene rings is 1. The minimum absolute atomic E-state index is 0.0238. The van der Waals surface area contributed by atoms with Crippen molar-refractivity contribution in [2.75, 3.05) is 13.1 Å². The highest BCUT2D eigenvalue weighted by atomic mass is 32.1. The fourth-order valence-corrected chi connectivity index (χ4v) is 5.73. The molecule has 0 fully saturated rings. The number of hydrogen-bond acceptors (Lipinski definition) is 6. The maximum atomic E-state index is 13.9. The smallest absolute Gasteiger partial charge is 0.249 e. The Hall–Kier alpha value is -3.27. The van der Waals surface area contributed by atoms with Gasteiger partial charge in [-0.1, -0.05) is 56.3 Å². The first-order valence-corrected chi connectivity index (χ1v) is 14.4. The largest absolute Gasteiger partial charge is 0.391 e. The fourth-order valence-electron chi connectivity index (χ4n) is 4.95. The molecule has 1 unspecified atom stereocenters. The fraction of sp³-hybridized carbons (Fsp3) is 0.433. The number of primary amides is 1. The number of nitrogens with one attached hydrogen (secondary N) is 1. The Morgan fingerprint density at radius 3 is 2.38 bits per heavy atom. The van der Waals surface area contributed by atoms with E-state index in [1.807, 2.05) is 61.7 Å². The quantitative estimate of drug-likeness (QED) is 0.285. The third-order valence-corrected chi connectivity index (χ3v) is 7.83. The van der Waals surface area contributed by atoms with Crippen LogP contribution in [0.3, 0.4) is 0 Å². The van der Waals surface area contributed by atoms with Gasteiger partial charge in [0.25, 0.3) is 0 Å². The number of nitrogens with zero attached hydrogens (tertiary/aromatic N) is 1. The standard InChI is InChI=1S/C30H40N4O4S/c1-3-12-34(13-4-2)28(37)23-15-22(27(32)36)17-30(18-23,29(38)33-20-21-9-6-5-7-10-21)19-26(35)25(31)16-24-11-8-14-39-24/h5-11,14-15,17,25-26,35H,3-4,12-13,16,18-20,31H2,1-2H3,(H2,32,36)(H,33,38)/t25-,26+,30?/m0/s1. The van der Waals surface area contributed by atoms with Crippen LogP contribution in [0.15, 0.2) is 71.1 Å². The molecule has 39 heavy (non-hydrogen) atoms. The molecule has 0 spiro atoms. The molecular formula is C30H40N4O4S. The van der Waals surface area contributed by atoms with E-state index in [1.54, 1.807) is 16.2 Å². The van der Waals surface area contributed by atoms with E-state index in [1.165, 1.54) is 12.2 Å². The van der Waals surface area contributed by atoms with Crippen molar-refractivity contribution in [3.63, 3.8) is 0 Å². The molecule has 8 nitrogen and oxygen atoms in total. The van der Waals surface area contributed by atoms with Crippen LogP contribution in [0.2, 0.25) is 0 Å². The number of carbonyl (C=O) groups excluding carboxylic acids is 3. The average molecular weight is 553 g/mol. The molecule has 6 N–H and O–H groups in total. The Balaban J connectivity index is 1.96. The molecule has 0 radical (unpaired) electrons. The second-order valence-electron chi connectivity index (χ2n) is 10.1. The summed E-state index contributed by atoms with van der Waals surface area (Å²) in [5.41, 5.74) is 12.0. The first-order valence-electron chi connectivity index (χ1n) is 13.5. The number of rotatable bonds is 14. The van der Waals surface area contributed by atoms with E-state index in [4.69, 9.17) is 11.5 Å². The summed E-state index contributed by atoms with van der Waals surface area (Å²) in [6, 6.07) is 12.7. The lowest BCUT2D eigenvalue weighted by molar-refractivity contribution is -0.131.